The summed E-state index contributed by atoms with van der Waals surface area (Å²) in [6.07, 6.45) is 1.05. The predicted molar refractivity (Wildman–Crippen MR) is 115 cm³/mol. The molecule has 150 valence electrons. The first-order valence-electron chi connectivity index (χ1n) is 8.92. The Morgan fingerprint density at radius 2 is 1.70 bits per heavy atom. The van der Waals surface area contributed by atoms with Crippen molar-refractivity contribution >= 4 is 28.3 Å². The van der Waals surface area contributed by atoms with Crippen LogP contribution in [0.2, 0.25) is 0 Å². The van der Waals surface area contributed by atoms with E-state index in [-0.39, 0.29) is 23.8 Å². The summed E-state index contributed by atoms with van der Waals surface area (Å²) in [6, 6.07) is 10.3. The third-order valence-electron chi connectivity index (χ3n) is 4.32. The second-order valence-electron chi connectivity index (χ2n) is 6.84. The zero-order valence-corrected chi connectivity index (χ0v) is 18.7. The molecule has 0 atom stereocenters. The first-order chi connectivity index (χ1) is 12.3. The maximum absolute atomic E-state index is 13.0. The van der Waals surface area contributed by atoms with E-state index in [9.17, 15) is 4.39 Å². The van der Waals surface area contributed by atoms with Gasteiger partial charge >= 0.3 is 0 Å². The van der Waals surface area contributed by atoms with Gasteiger partial charge in [-0.25, -0.2) is 4.39 Å². The Morgan fingerprint density at radius 1 is 1.04 bits per heavy atom. The fourth-order valence-corrected chi connectivity index (χ4v) is 2.93. The van der Waals surface area contributed by atoms with Crippen LogP contribution in [0.1, 0.15) is 45.2 Å². The monoisotopic (exact) mass is 459 g/mol. The van der Waals surface area contributed by atoms with Crippen LogP contribution in [-0.2, 0) is 13.2 Å². The molecule has 0 radical (unpaired) electrons. The van der Waals surface area contributed by atoms with Crippen molar-refractivity contribution in [3.63, 3.8) is 0 Å². The Kier molecular flexibility index (Phi) is 9.57. The van der Waals surface area contributed by atoms with Crippen molar-refractivity contribution < 1.29 is 13.9 Å². The fraction of sp³-hybridized carbons (Fsp3) is 0.429. The van der Waals surface area contributed by atoms with E-state index in [0.29, 0.717) is 24.7 Å². The molecule has 0 fully saturated rings. The highest BCUT2D eigenvalue weighted by molar-refractivity contribution is 9.10. The molecular formula is C21H28BrClFNO2. The minimum absolute atomic E-state index is 0. The Balaban J connectivity index is 0.00000364. The molecule has 2 aromatic carbocycles. The lowest BCUT2D eigenvalue weighted by Crippen LogP contribution is -2.37. The molecule has 0 saturated carbocycles. The summed E-state index contributed by atoms with van der Waals surface area (Å²) >= 11 is 3.60. The van der Waals surface area contributed by atoms with Crippen molar-refractivity contribution in [3.8, 4) is 11.5 Å². The van der Waals surface area contributed by atoms with Crippen LogP contribution < -0.4 is 14.8 Å². The van der Waals surface area contributed by atoms with E-state index in [2.05, 4.69) is 42.0 Å². The van der Waals surface area contributed by atoms with Gasteiger partial charge < -0.3 is 14.8 Å². The fourth-order valence-electron chi connectivity index (χ4n) is 2.33. The smallest absolute Gasteiger partial charge is 0.175 e. The van der Waals surface area contributed by atoms with Gasteiger partial charge in [0.2, 0.25) is 0 Å². The molecule has 2 aromatic rings. The van der Waals surface area contributed by atoms with Crippen LogP contribution in [0.4, 0.5) is 4.39 Å². The van der Waals surface area contributed by atoms with Crippen LogP contribution in [-0.4, -0.2) is 12.1 Å². The molecule has 3 nitrogen and oxygen atoms in total. The summed E-state index contributed by atoms with van der Waals surface area (Å²) in [7, 11) is 0. The van der Waals surface area contributed by atoms with Crippen molar-refractivity contribution in [1.29, 1.82) is 0 Å². The molecule has 6 heteroatoms. The van der Waals surface area contributed by atoms with Crippen molar-refractivity contribution in [2.75, 3.05) is 6.61 Å². The predicted octanol–water partition coefficient (Wildman–Crippen LogP) is 6.27. The van der Waals surface area contributed by atoms with E-state index in [1.54, 1.807) is 12.1 Å². The molecule has 0 bridgehead atoms. The van der Waals surface area contributed by atoms with Crippen LogP contribution in [0.5, 0.6) is 11.5 Å². The summed E-state index contributed by atoms with van der Waals surface area (Å²) in [5, 5.41) is 3.55. The zero-order valence-electron chi connectivity index (χ0n) is 16.3. The first kappa shape index (κ1) is 23.7. The molecule has 0 aromatic heterocycles. The Bertz CT molecular complexity index is 723. The van der Waals surface area contributed by atoms with Gasteiger partial charge in [-0.05, 0) is 78.5 Å². The van der Waals surface area contributed by atoms with Gasteiger partial charge in [0.1, 0.15) is 12.4 Å². The summed E-state index contributed by atoms with van der Waals surface area (Å²) in [6.45, 7) is 10.1. The zero-order chi connectivity index (χ0) is 19.2. The summed E-state index contributed by atoms with van der Waals surface area (Å²) in [5.41, 5.74) is 2.10. The maximum Gasteiger partial charge on any atom is 0.175 e. The summed E-state index contributed by atoms with van der Waals surface area (Å²) in [5.74, 6) is 1.11. The molecule has 0 heterocycles. The second-order valence-corrected chi connectivity index (χ2v) is 7.70. The van der Waals surface area contributed by atoms with Gasteiger partial charge in [0, 0.05) is 12.1 Å². The third kappa shape index (κ3) is 7.32. The van der Waals surface area contributed by atoms with Gasteiger partial charge in [-0.15, -0.1) is 12.4 Å². The number of hydrogen-bond acceptors (Lipinski definition) is 3. The van der Waals surface area contributed by atoms with Crippen molar-refractivity contribution in [3.05, 3.63) is 57.8 Å². The molecule has 0 spiro atoms. The summed E-state index contributed by atoms with van der Waals surface area (Å²) < 4.78 is 25.6. The molecule has 27 heavy (non-hydrogen) atoms. The van der Waals surface area contributed by atoms with Gasteiger partial charge in [0.15, 0.2) is 11.5 Å². The molecule has 0 aliphatic rings. The minimum Gasteiger partial charge on any atom is -0.490 e. The third-order valence-corrected chi connectivity index (χ3v) is 4.91. The molecule has 2 rings (SSSR count). The maximum atomic E-state index is 13.0. The normalized spacial score (nSPS) is 11.0. The molecule has 0 aliphatic carbocycles. The van der Waals surface area contributed by atoms with Crippen molar-refractivity contribution in [1.82, 2.24) is 5.32 Å². The lowest BCUT2D eigenvalue weighted by atomic mass is 10.0. The Labute approximate surface area is 176 Å². The van der Waals surface area contributed by atoms with Crippen LogP contribution in [0.15, 0.2) is 40.9 Å². The van der Waals surface area contributed by atoms with E-state index < -0.39 is 0 Å². The molecule has 0 aliphatic heterocycles. The highest BCUT2D eigenvalue weighted by Gasteiger charge is 2.16. The van der Waals surface area contributed by atoms with Crippen molar-refractivity contribution in [2.24, 2.45) is 0 Å². The van der Waals surface area contributed by atoms with Crippen LogP contribution in [0.25, 0.3) is 0 Å². The van der Waals surface area contributed by atoms with Crippen LogP contribution in [0, 0.1) is 5.82 Å². The van der Waals surface area contributed by atoms with Crippen LogP contribution in [0.3, 0.4) is 0 Å². The lowest BCUT2D eigenvalue weighted by Gasteiger charge is -2.25. The minimum atomic E-state index is -0.253. The van der Waals surface area contributed by atoms with Gasteiger partial charge in [-0.3, -0.25) is 0 Å². The van der Waals surface area contributed by atoms with Crippen LogP contribution >= 0.6 is 28.3 Å². The van der Waals surface area contributed by atoms with E-state index >= 15 is 0 Å². The average Bonchev–Trinajstić information content (AvgIpc) is 2.61. The SMILES string of the molecule is CCOc1cc(CNC(C)(C)CC)cc(Br)c1OCc1ccc(F)cc1.Cl. The summed E-state index contributed by atoms with van der Waals surface area (Å²) in [4.78, 5) is 0. The van der Waals surface area contributed by atoms with E-state index in [1.807, 2.05) is 19.1 Å². The quantitative estimate of drug-likeness (QED) is 0.478. The first-order valence-corrected chi connectivity index (χ1v) is 9.71. The van der Waals surface area contributed by atoms with Gasteiger partial charge in [0.25, 0.3) is 0 Å². The number of halogens is 3. The molecule has 1 N–H and O–H groups in total. The largest absolute Gasteiger partial charge is 0.490 e. The molecule has 0 saturated heterocycles. The Hall–Kier alpha value is -1.30. The standard InChI is InChI=1S/C21H27BrFNO2.ClH/c1-5-21(3,4)24-13-16-11-18(22)20(19(12-16)25-6-2)26-14-15-7-9-17(23)10-8-15;/h7-12,24H,5-6,13-14H2,1-4H3;1H. The molecule has 0 amide bonds. The molecule has 0 unspecified atom stereocenters. The van der Waals surface area contributed by atoms with Gasteiger partial charge in [-0.2, -0.15) is 0 Å². The van der Waals surface area contributed by atoms with E-state index in [4.69, 9.17) is 9.47 Å². The highest BCUT2D eigenvalue weighted by Crippen LogP contribution is 2.37. The number of hydrogen-bond donors (Lipinski definition) is 1. The topological polar surface area (TPSA) is 30.5 Å². The second kappa shape index (κ2) is 10.9. The van der Waals surface area contributed by atoms with E-state index in [0.717, 1.165) is 28.6 Å². The van der Waals surface area contributed by atoms with Gasteiger partial charge in [-0.1, -0.05) is 19.1 Å². The lowest BCUT2D eigenvalue weighted by molar-refractivity contribution is 0.267. The Morgan fingerprint density at radius 3 is 2.30 bits per heavy atom. The van der Waals surface area contributed by atoms with Crippen molar-refractivity contribution in [2.45, 2.75) is 52.8 Å². The number of ether oxygens (including phenoxy) is 2. The average molecular weight is 461 g/mol. The number of rotatable bonds is 9. The number of benzene rings is 2. The number of nitrogens with one attached hydrogen (secondary N) is 1. The van der Waals surface area contributed by atoms with E-state index in [1.165, 1.54) is 12.1 Å². The highest BCUT2D eigenvalue weighted by atomic mass is 79.9. The van der Waals surface area contributed by atoms with Gasteiger partial charge in [0.05, 0.1) is 11.1 Å². The molecular weight excluding hydrogens is 433 g/mol.